The number of aromatic nitrogens is 2. The molecule has 3 rings (SSSR count). The van der Waals surface area contributed by atoms with Gasteiger partial charge in [-0.15, -0.1) is 0 Å². The number of hydrogen-bond donors (Lipinski definition) is 1. The van der Waals surface area contributed by atoms with Crippen LogP contribution in [0, 0.1) is 11.3 Å². The number of aliphatic carboxylic acids is 1. The first-order valence-electron chi connectivity index (χ1n) is 6.87. The number of fused-ring (bicyclic) bond motifs is 1. The Bertz CT molecular complexity index is 711. The second-order valence-corrected chi connectivity index (χ2v) is 8.07. The van der Waals surface area contributed by atoms with Crippen molar-refractivity contribution in [3.8, 4) is 0 Å². The highest BCUT2D eigenvalue weighted by Gasteiger charge is 2.45. The lowest BCUT2D eigenvalue weighted by Gasteiger charge is -2.09. The average molecular weight is 369 g/mol. The van der Waals surface area contributed by atoms with Crippen molar-refractivity contribution in [2.45, 2.75) is 32.0 Å². The summed E-state index contributed by atoms with van der Waals surface area (Å²) in [6.45, 7) is 5.45. The van der Waals surface area contributed by atoms with Crippen LogP contribution in [0.25, 0.3) is 11.0 Å². The highest BCUT2D eigenvalue weighted by molar-refractivity contribution is 9.10. The molecule has 4 nitrogen and oxygen atoms in total. The van der Waals surface area contributed by atoms with Crippen LogP contribution in [-0.4, -0.2) is 26.4 Å². The zero-order chi connectivity index (χ0) is 15.2. The molecule has 6 heteroatoms. The Hall–Kier alpha value is -1.01. The normalized spacial score (nSPS) is 19.9. The van der Waals surface area contributed by atoms with Gasteiger partial charge in [-0.05, 0) is 36.0 Å². The molecule has 0 aliphatic heterocycles. The van der Waals surface area contributed by atoms with Gasteiger partial charge < -0.3 is 9.67 Å². The van der Waals surface area contributed by atoms with Gasteiger partial charge in [0.25, 0.3) is 0 Å². The summed E-state index contributed by atoms with van der Waals surface area (Å²) in [5.74, 6) is -0.136. The minimum absolute atomic E-state index is 0.0402. The molecule has 0 saturated heterocycles. The predicted octanol–water partition coefficient (Wildman–Crippen LogP) is 4.02. The maximum Gasteiger partial charge on any atom is 0.313 e. The summed E-state index contributed by atoms with van der Waals surface area (Å²) in [7, 11) is 0. The Labute approximate surface area is 136 Å². The summed E-state index contributed by atoms with van der Waals surface area (Å²) >= 11 is 4.79. The van der Waals surface area contributed by atoms with Crippen LogP contribution in [0.4, 0.5) is 0 Å². The molecule has 1 saturated carbocycles. The number of benzene rings is 1. The number of thioether (sulfide) groups is 1. The van der Waals surface area contributed by atoms with Gasteiger partial charge in [0.2, 0.25) is 0 Å². The number of carboxylic acid groups (broad SMARTS) is 1. The zero-order valence-corrected chi connectivity index (χ0v) is 14.4. The maximum atomic E-state index is 10.8. The molecule has 2 aromatic rings. The van der Waals surface area contributed by atoms with Gasteiger partial charge >= 0.3 is 5.97 Å². The molecule has 1 atom stereocenters. The number of halogens is 1. The van der Waals surface area contributed by atoms with E-state index in [-0.39, 0.29) is 5.75 Å². The van der Waals surface area contributed by atoms with Gasteiger partial charge in [0, 0.05) is 11.0 Å². The minimum Gasteiger partial charge on any atom is -0.481 e. The topological polar surface area (TPSA) is 55.1 Å². The van der Waals surface area contributed by atoms with Crippen LogP contribution >= 0.6 is 27.7 Å². The average Bonchev–Trinajstić information content (AvgIpc) is 2.86. The van der Waals surface area contributed by atoms with Crippen LogP contribution < -0.4 is 0 Å². The first-order chi connectivity index (χ1) is 9.87. The highest BCUT2D eigenvalue weighted by atomic mass is 79.9. The molecule has 1 aromatic carbocycles. The Morgan fingerprint density at radius 3 is 2.90 bits per heavy atom. The van der Waals surface area contributed by atoms with E-state index >= 15 is 0 Å². The van der Waals surface area contributed by atoms with Gasteiger partial charge in [-0.3, -0.25) is 4.79 Å². The summed E-state index contributed by atoms with van der Waals surface area (Å²) in [6, 6.07) is 5.99. The van der Waals surface area contributed by atoms with Gasteiger partial charge in [0.05, 0.1) is 16.8 Å². The van der Waals surface area contributed by atoms with Crippen molar-refractivity contribution < 1.29 is 9.90 Å². The van der Waals surface area contributed by atoms with Crippen molar-refractivity contribution in [3.63, 3.8) is 0 Å². The molecule has 0 amide bonds. The lowest BCUT2D eigenvalue weighted by Crippen LogP contribution is -2.07. The Kier molecular flexibility index (Phi) is 3.78. The van der Waals surface area contributed by atoms with Crippen LogP contribution in [0.1, 0.15) is 20.3 Å². The fraction of sp³-hybridized carbons (Fsp3) is 0.467. The fourth-order valence-corrected chi connectivity index (χ4v) is 3.69. The lowest BCUT2D eigenvalue weighted by atomic mass is 10.1. The third kappa shape index (κ3) is 3.11. The molecular formula is C15H17BrN2O2S. The molecular weight excluding hydrogens is 352 g/mol. The van der Waals surface area contributed by atoms with E-state index in [2.05, 4.69) is 45.4 Å². The van der Waals surface area contributed by atoms with Crippen molar-refractivity contribution in [1.29, 1.82) is 0 Å². The summed E-state index contributed by atoms with van der Waals surface area (Å²) in [5, 5.41) is 9.70. The molecule has 112 valence electrons. The summed E-state index contributed by atoms with van der Waals surface area (Å²) in [6.07, 6.45) is 1.21. The van der Waals surface area contributed by atoms with E-state index in [1.807, 2.05) is 12.1 Å². The number of nitrogens with zero attached hydrogens (tertiary/aromatic N) is 2. The van der Waals surface area contributed by atoms with Crippen molar-refractivity contribution >= 4 is 44.7 Å². The first-order valence-corrected chi connectivity index (χ1v) is 8.65. The highest BCUT2D eigenvalue weighted by Crippen LogP contribution is 2.53. The molecule has 21 heavy (non-hydrogen) atoms. The second kappa shape index (κ2) is 5.32. The number of imidazole rings is 1. The van der Waals surface area contributed by atoms with E-state index in [0.29, 0.717) is 11.3 Å². The number of carboxylic acids is 1. The molecule has 1 heterocycles. The maximum absolute atomic E-state index is 10.8. The van der Waals surface area contributed by atoms with Crippen molar-refractivity contribution in [2.75, 3.05) is 5.75 Å². The minimum atomic E-state index is -0.813. The van der Waals surface area contributed by atoms with Gasteiger partial charge in [0.1, 0.15) is 0 Å². The van der Waals surface area contributed by atoms with Crippen LogP contribution in [0.3, 0.4) is 0 Å². The Morgan fingerprint density at radius 2 is 2.29 bits per heavy atom. The third-order valence-corrected chi connectivity index (χ3v) is 5.57. The molecule has 1 N–H and O–H groups in total. The van der Waals surface area contributed by atoms with Crippen LogP contribution in [0.2, 0.25) is 0 Å². The van der Waals surface area contributed by atoms with Gasteiger partial charge in [0.15, 0.2) is 5.16 Å². The van der Waals surface area contributed by atoms with Crippen LogP contribution in [-0.2, 0) is 11.3 Å². The summed E-state index contributed by atoms with van der Waals surface area (Å²) in [4.78, 5) is 15.4. The molecule has 0 bridgehead atoms. The summed E-state index contributed by atoms with van der Waals surface area (Å²) < 4.78 is 3.19. The smallest absolute Gasteiger partial charge is 0.313 e. The second-order valence-electron chi connectivity index (χ2n) is 6.21. The zero-order valence-electron chi connectivity index (χ0n) is 12.0. The quantitative estimate of drug-likeness (QED) is 0.809. The Balaban J connectivity index is 1.97. The number of hydrogen-bond acceptors (Lipinski definition) is 3. The largest absolute Gasteiger partial charge is 0.481 e. The molecule has 1 aliphatic rings. The number of carbonyl (C=O) groups is 1. The first kappa shape index (κ1) is 14.9. The molecule has 1 fully saturated rings. The third-order valence-electron chi connectivity index (χ3n) is 4.12. The SMILES string of the molecule is CC1(C)CC1Cn1c(SCC(=O)O)nc2ccc(Br)cc21. The van der Waals surface area contributed by atoms with E-state index in [9.17, 15) is 4.79 Å². The Morgan fingerprint density at radius 1 is 1.57 bits per heavy atom. The fourth-order valence-electron chi connectivity index (χ4n) is 2.59. The van der Waals surface area contributed by atoms with Crippen LogP contribution in [0.5, 0.6) is 0 Å². The molecule has 1 aliphatic carbocycles. The summed E-state index contributed by atoms with van der Waals surface area (Å²) in [5.41, 5.74) is 2.38. The van der Waals surface area contributed by atoms with Crippen LogP contribution in [0.15, 0.2) is 27.8 Å². The molecule has 0 radical (unpaired) electrons. The van der Waals surface area contributed by atoms with E-state index in [1.54, 1.807) is 0 Å². The van der Waals surface area contributed by atoms with E-state index in [4.69, 9.17) is 5.11 Å². The van der Waals surface area contributed by atoms with E-state index in [0.717, 1.165) is 27.2 Å². The van der Waals surface area contributed by atoms with E-state index in [1.165, 1.54) is 18.2 Å². The van der Waals surface area contributed by atoms with Crippen molar-refractivity contribution in [1.82, 2.24) is 9.55 Å². The van der Waals surface area contributed by atoms with Gasteiger partial charge in [-0.25, -0.2) is 4.98 Å². The van der Waals surface area contributed by atoms with Gasteiger partial charge in [-0.2, -0.15) is 0 Å². The lowest BCUT2D eigenvalue weighted by molar-refractivity contribution is -0.133. The van der Waals surface area contributed by atoms with Gasteiger partial charge in [-0.1, -0.05) is 41.5 Å². The predicted molar refractivity (Wildman–Crippen MR) is 87.7 cm³/mol. The van der Waals surface area contributed by atoms with E-state index < -0.39 is 5.97 Å². The number of rotatable bonds is 5. The van der Waals surface area contributed by atoms with Crippen molar-refractivity contribution in [3.05, 3.63) is 22.7 Å². The standard InChI is InChI=1S/C15H17BrN2O2S/c1-15(2)6-9(15)7-18-12-5-10(16)3-4-11(12)17-14(18)21-8-13(19)20/h3-5,9H,6-8H2,1-2H3,(H,19,20). The monoisotopic (exact) mass is 368 g/mol. The molecule has 1 aromatic heterocycles. The van der Waals surface area contributed by atoms with Crippen molar-refractivity contribution in [2.24, 2.45) is 11.3 Å². The molecule has 0 spiro atoms. The molecule has 1 unspecified atom stereocenters.